The van der Waals surface area contributed by atoms with Gasteiger partial charge in [-0.05, 0) is 24.1 Å². The largest absolute Gasteiger partial charge is 0.340 e. The van der Waals surface area contributed by atoms with Crippen LogP contribution in [0.5, 0.6) is 0 Å². The van der Waals surface area contributed by atoms with E-state index in [-0.39, 0.29) is 36.8 Å². The number of halogens is 2. The van der Waals surface area contributed by atoms with Gasteiger partial charge < -0.3 is 10.2 Å². The van der Waals surface area contributed by atoms with Gasteiger partial charge in [0, 0.05) is 32.7 Å². The average Bonchev–Trinajstić information content (AvgIpc) is 3.25. The molecule has 0 spiro atoms. The molecule has 0 radical (unpaired) electrons. The summed E-state index contributed by atoms with van der Waals surface area (Å²) in [7, 11) is 0. The minimum Gasteiger partial charge on any atom is -0.340 e. The van der Waals surface area contributed by atoms with Crippen LogP contribution >= 0.6 is 24.8 Å². The lowest BCUT2D eigenvalue weighted by atomic mass is 9.96. The molecule has 0 bridgehead atoms. The Kier molecular flexibility index (Phi) is 8.77. The highest BCUT2D eigenvalue weighted by Gasteiger charge is 2.31. The van der Waals surface area contributed by atoms with Gasteiger partial charge in [-0.15, -0.1) is 24.8 Å². The monoisotopic (exact) mass is 421 g/mol. The second-order valence-corrected chi connectivity index (χ2v) is 7.27. The number of carbonyl (C=O) groups excluding carboxylic acids is 1. The highest BCUT2D eigenvalue weighted by molar-refractivity contribution is 5.85. The average molecular weight is 422 g/mol. The van der Waals surface area contributed by atoms with E-state index in [0.717, 1.165) is 45.7 Å². The molecule has 6 heteroatoms. The first kappa shape index (κ1) is 22.7. The zero-order chi connectivity index (χ0) is 17.8. The van der Waals surface area contributed by atoms with Gasteiger partial charge in [-0.3, -0.25) is 9.69 Å². The first-order valence-corrected chi connectivity index (χ1v) is 9.66. The van der Waals surface area contributed by atoms with Crippen LogP contribution < -0.4 is 5.32 Å². The Morgan fingerprint density at radius 1 is 0.857 bits per heavy atom. The Balaban J connectivity index is 0.00000140. The molecule has 0 saturated carbocycles. The van der Waals surface area contributed by atoms with Crippen LogP contribution in [0, 0.1) is 5.92 Å². The van der Waals surface area contributed by atoms with Crippen LogP contribution in [0.2, 0.25) is 0 Å². The molecule has 4 rings (SSSR count). The number of piperazine rings is 1. The summed E-state index contributed by atoms with van der Waals surface area (Å²) in [4.78, 5) is 17.3. The number of amides is 1. The zero-order valence-corrected chi connectivity index (χ0v) is 17.6. The maximum atomic E-state index is 12.7. The summed E-state index contributed by atoms with van der Waals surface area (Å²) in [5.74, 6) is 0.520. The molecule has 0 aromatic heterocycles. The fraction of sp³-hybridized carbons (Fsp3) is 0.409. The van der Waals surface area contributed by atoms with Gasteiger partial charge in [-0.1, -0.05) is 60.7 Å². The maximum absolute atomic E-state index is 12.7. The molecule has 0 aliphatic carbocycles. The van der Waals surface area contributed by atoms with Crippen LogP contribution in [0.25, 0.3) is 0 Å². The Bertz CT molecular complexity index is 676. The molecule has 152 valence electrons. The van der Waals surface area contributed by atoms with Crippen LogP contribution in [0.3, 0.4) is 0 Å². The fourth-order valence-corrected chi connectivity index (χ4v) is 4.21. The van der Waals surface area contributed by atoms with Crippen molar-refractivity contribution in [3.05, 3.63) is 71.8 Å². The van der Waals surface area contributed by atoms with Gasteiger partial charge in [0.15, 0.2) is 0 Å². The van der Waals surface area contributed by atoms with Crippen molar-refractivity contribution >= 4 is 30.7 Å². The van der Waals surface area contributed by atoms with Crippen LogP contribution in [-0.2, 0) is 4.79 Å². The number of benzene rings is 2. The SMILES string of the molecule is Cl.Cl.O=C(C1CCNC1)N1CCN(C(c2ccccc2)c2ccccc2)CC1. The standard InChI is InChI=1S/C22H27N3O.2ClH/c26-22(20-11-12-23-17-20)25-15-13-24(14-16-25)21(18-7-3-1-4-8-18)19-9-5-2-6-10-19;;/h1-10,20-21,23H,11-17H2;2*1H. The Labute approximate surface area is 180 Å². The number of nitrogens with zero attached hydrogens (tertiary/aromatic N) is 2. The lowest BCUT2D eigenvalue weighted by Gasteiger charge is -2.40. The molecule has 28 heavy (non-hydrogen) atoms. The molecule has 2 fully saturated rings. The minimum absolute atomic E-state index is 0. The smallest absolute Gasteiger partial charge is 0.227 e. The molecule has 1 atom stereocenters. The van der Waals surface area contributed by atoms with Crippen molar-refractivity contribution in [2.75, 3.05) is 39.3 Å². The van der Waals surface area contributed by atoms with Crippen molar-refractivity contribution < 1.29 is 4.79 Å². The van der Waals surface area contributed by atoms with Gasteiger partial charge in [0.1, 0.15) is 0 Å². The van der Waals surface area contributed by atoms with Crippen LogP contribution in [0.4, 0.5) is 0 Å². The van der Waals surface area contributed by atoms with Crippen molar-refractivity contribution in [3.8, 4) is 0 Å². The number of nitrogens with one attached hydrogen (secondary N) is 1. The molecular formula is C22H29Cl2N3O. The normalized spacial score (nSPS) is 19.8. The van der Waals surface area contributed by atoms with Crippen LogP contribution in [0.1, 0.15) is 23.6 Å². The Morgan fingerprint density at radius 3 is 1.86 bits per heavy atom. The van der Waals surface area contributed by atoms with E-state index in [0.29, 0.717) is 5.91 Å². The number of rotatable bonds is 4. The second-order valence-electron chi connectivity index (χ2n) is 7.27. The zero-order valence-electron chi connectivity index (χ0n) is 16.0. The summed E-state index contributed by atoms with van der Waals surface area (Å²) in [6.07, 6.45) is 0.982. The van der Waals surface area contributed by atoms with Gasteiger partial charge in [0.2, 0.25) is 5.91 Å². The van der Waals surface area contributed by atoms with E-state index in [1.54, 1.807) is 0 Å². The third-order valence-corrected chi connectivity index (χ3v) is 5.63. The molecule has 2 saturated heterocycles. The van der Waals surface area contributed by atoms with Gasteiger partial charge in [-0.25, -0.2) is 0 Å². The molecular weight excluding hydrogens is 393 g/mol. The molecule has 1 unspecified atom stereocenters. The quantitative estimate of drug-likeness (QED) is 0.821. The summed E-state index contributed by atoms with van der Waals surface area (Å²) in [5, 5.41) is 3.30. The molecule has 4 nitrogen and oxygen atoms in total. The topological polar surface area (TPSA) is 35.6 Å². The van der Waals surface area contributed by atoms with Crippen molar-refractivity contribution in [3.63, 3.8) is 0 Å². The van der Waals surface area contributed by atoms with Crippen molar-refractivity contribution in [1.29, 1.82) is 0 Å². The van der Waals surface area contributed by atoms with E-state index in [2.05, 4.69) is 75.8 Å². The van der Waals surface area contributed by atoms with E-state index >= 15 is 0 Å². The highest BCUT2D eigenvalue weighted by Crippen LogP contribution is 2.29. The first-order valence-electron chi connectivity index (χ1n) is 9.66. The number of carbonyl (C=O) groups is 1. The third kappa shape index (κ3) is 5.06. The predicted octanol–water partition coefficient (Wildman–Crippen LogP) is 3.37. The first-order chi connectivity index (χ1) is 12.8. The molecule has 1 N–H and O–H groups in total. The third-order valence-electron chi connectivity index (χ3n) is 5.63. The summed E-state index contributed by atoms with van der Waals surface area (Å²) in [5.41, 5.74) is 2.64. The van der Waals surface area contributed by atoms with Crippen molar-refractivity contribution in [2.45, 2.75) is 12.5 Å². The molecule has 2 aromatic carbocycles. The molecule has 2 aliphatic rings. The highest BCUT2D eigenvalue weighted by atomic mass is 35.5. The second kappa shape index (κ2) is 10.8. The molecule has 2 aromatic rings. The van der Waals surface area contributed by atoms with Crippen molar-refractivity contribution in [2.24, 2.45) is 5.92 Å². The van der Waals surface area contributed by atoms with Gasteiger partial charge in [-0.2, -0.15) is 0 Å². The van der Waals surface area contributed by atoms with Crippen LogP contribution in [0.15, 0.2) is 60.7 Å². The molecule has 2 heterocycles. The van der Waals surface area contributed by atoms with E-state index < -0.39 is 0 Å². The summed E-state index contributed by atoms with van der Waals surface area (Å²) in [6, 6.07) is 21.7. The predicted molar refractivity (Wildman–Crippen MR) is 118 cm³/mol. The maximum Gasteiger partial charge on any atom is 0.227 e. The summed E-state index contributed by atoms with van der Waals surface area (Å²) in [6.45, 7) is 5.30. The van der Waals surface area contributed by atoms with Gasteiger partial charge in [0.25, 0.3) is 0 Å². The van der Waals surface area contributed by atoms with Crippen LogP contribution in [-0.4, -0.2) is 55.0 Å². The molecule has 2 aliphatic heterocycles. The lowest BCUT2D eigenvalue weighted by Crippen LogP contribution is -2.51. The van der Waals surface area contributed by atoms with E-state index in [9.17, 15) is 4.79 Å². The summed E-state index contributed by atoms with van der Waals surface area (Å²) >= 11 is 0. The van der Waals surface area contributed by atoms with Crippen molar-refractivity contribution in [1.82, 2.24) is 15.1 Å². The van der Waals surface area contributed by atoms with Gasteiger partial charge >= 0.3 is 0 Å². The number of hydrogen-bond acceptors (Lipinski definition) is 3. The Morgan fingerprint density at radius 2 is 1.39 bits per heavy atom. The lowest BCUT2D eigenvalue weighted by molar-refractivity contribution is -0.136. The van der Waals surface area contributed by atoms with Gasteiger partial charge in [0.05, 0.1) is 12.0 Å². The van der Waals surface area contributed by atoms with E-state index in [1.807, 2.05) is 0 Å². The number of hydrogen-bond donors (Lipinski definition) is 1. The van der Waals surface area contributed by atoms with E-state index in [1.165, 1.54) is 11.1 Å². The molecule has 1 amide bonds. The summed E-state index contributed by atoms with van der Waals surface area (Å²) < 4.78 is 0. The Hall–Kier alpha value is -1.59. The fourth-order valence-electron chi connectivity index (χ4n) is 4.21. The van der Waals surface area contributed by atoms with E-state index in [4.69, 9.17) is 0 Å². The minimum atomic E-state index is 0.